The van der Waals surface area contributed by atoms with Crippen molar-refractivity contribution in [3.05, 3.63) is 58.1 Å². The first-order chi connectivity index (χ1) is 13.1. The van der Waals surface area contributed by atoms with Crippen LogP contribution in [0, 0.1) is 0 Å². The minimum Gasteiger partial charge on any atom is -0.324 e. The minimum absolute atomic E-state index is 0.199. The van der Waals surface area contributed by atoms with E-state index in [1.807, 2.05) is 0 Å². The zero-order valence-corrected chi connectivity index (χ0v) is 16.1. The van der Waals surface area contributed by atoms with Gasteiger partial charge in [-0.3, -0.25) is 14.5 Å². The molecule has 0 aliphatic carbocycles. The van der Waals surface area contributed by atoms with Gasteiger partial charge < -0.3 is 10.6 Å². The van der Waals surface area contributed by atoms with Gasteiger partial charge in [0.05, 0.1) is 40.1 Å². The second-order valence-corrected chi connectivity index (χ2v) is 6.72. The molecule has 0 unspecified atom stereocenters. The maximum absolute atomic E-state index is 13.0. The summed E-state index contributed by atoms with van der Waals surface area (Å²) in [5, 5.41) is 5.26. The Morgan fingerprint density at radius 1 is 0.929 bits per heavy atom. The van der Waals surface area contributed by atoms with Crippen molar-refractivity contribution in [3.63, 3.8) is 0 Å². The predicted molar refractivity (Wildman–Crippen MR) is 103 cm³/mol. The molecule has 5 nitrogen and oxygen atoms in total. The molecule has 0 saturated carbocycles. The summed E-state index contributed by atoms with van der Waals surface area (Å²) >= 11 is 11.9. The number of carbonyl (C=O) groups is 2. The molecule has 0 spiro atoms. The van der Waals surface area contributed by atoms with E-state index in [1.165, 1.54) is 24.1 Å². The lowest BCUT2D eigenvalue weighted by molar-refractivity contribution is -0.137. The Morgan fingerprint density at radius 3 is 2.04 bits per heavy atom. The van der Waals surface area contributed by atoms with Crippen LogP contribution in [-0.4, -0.2) is 36.9 Å². The zero-order valence-electron chi connectivity index (χ0n) is 14.6. The van der Waals surface area contributed by atoms with E-state index >= 15 is 0 Å². The van der Waals surface area contributed by atoms with Crippen molar-refractivity contribution in [1.82, 2.24) is 4.90 Å². The molecule has 0 heterocycles. The van der Waals surface area contributed by atoms with Crippen LogP contribution in [0.25, 0.3) is 0 Å². The summed E-state index contributed by atoms with van der Waals surface area (Å²) in [4.78, 5) is 25.5. The molecule has 0 radical (unpaired) electrons. The molecule has 0 saturated heterocycles. The fraction of sp³-hybridized carbons (Fsp3) is 0.222. The van der Waals surface area contributed by atoms with E-state index in [0.29, 0.717) is 0 Å². The molecule has 0 atom stereocenters. The van der Waals surface area contributed by atoms with Crippen LogP contribution in [-0.2, 0) is 15.8 Å². The number of hydrogen-bond acceptors (Lipinski definition) is 3. The number of amides is 2. The second kappa shape index (κ2) is 9.27. The van der Waals surface area contributed by atoms with Gasteiger partial charge in [-0.2, -0.15) is 13.2 Å². The number of para-hydroxylation sites is 2. The van der Waals surface area contributed by atoms with Gasteiger partial charge >= 0.3 is 6.18 Å². The molecule has 0 aliphatic rings. The van der Waals surface area contributed by atoms with Crippen LogP contribution in [0.5, 0.6) is 0 Å². The number of hydrogen-bond donors (Lipinski definition) is 2. The molecule has 0 fully saturated rings. The molecular weight excluding hydrogens is 418 g/mol. The summed E-state index contributed by atoms with van der Waals surface area (Å²) in [6.07, 6.45) is -4.59. The average molecular weight is 434 g/mol. The number of likely N-dealkylation sites (N-methyl/N-ethyl adjacent to an activating group) is 1. The van der Waals surface area contributed by atoms with E-state index in [0.717, 1.165) is 12.1 Å². The third-order valence-corrected chi connectivity index (χ3v) is 4.19. The molecule has 0 bridgehead atoms. The van der Waals surface area contributed by atoms with Gasteiger partial charge in [0.1, 0.15) is 0 Å². The highest BCUT2D eigenvalue weighted by atomic mass is 35.5. The molecule has 10 heteroatoms. The van der Waals surface area contributed by atoms with E-state index in [2.05, 4.69) is 10.6 Å². The standard InChI is InChI=1S/C18H16Cl2F3N3O2/c1-26(10-16(28)25-17-12(19)6-4-7-13(17)20)9-15(27)24-14-8-3-2-5-11(14)18(21,22)23/h2-8H,9-10H2,1H3,(H,24,27)(H,25,28). The molecule has 0 aromatic heterocycles. The Kier molecular flexibility index (Phi) is 7.29. The number of nitrogens with zero attached hydrogens (tertiary/aromatic N) is 1. The number of carbonyl (C=O) groups excluding carboxylic acids is 2. The van der Waals surface area contributed by atoms with Crippen molar-refractivity contribution in [3.8, 4) is 0 Å². The van der Waals surface area contributed by atoms with Gasteiger partial charge in [0.2, 0.25) is 11.8 Å². The van der Waals surface area contributed by atoms with E-state index in [4.69, 9.17) is 23.2 Å². The molecule has 2 amide bonds. The quantitative estimate of drug-likeness (QED) is 0.703. The van der Waals surface area contributed by atoms with Crippen molar-refractivity contribution in [2.75, 3.05) is 30.8 Å². The number of benzene rings is 2. The Hall–Kier alpha value is -2.29. The number of rotatable bonds is 6. The lowest BCUT2D eigenvalue weighted by Crippen LogP contribution is -2.36. The number of nitrogens with one attached hydrogen (secondary N) is 2. The van der Waals surface area contributed by atoms with Gasteiger partial charge in [-0.15, -0.1) is 0 Å². The van der Waals surface area contributed by atoms with Gasteiger partial charge in [-0.05, 0) is 31.3 Å². The van der Waals surface area contributed by atoms with E-state index in [-0.39, 0.29) is 34.5 Å². The van der Waals surface area contributed by atoms with E-state index in [1.54, 1.807) is 18.2 Å². The SMILES string of the molecule is CN(CC(=O)Nc1ccccc1C(F)(F)F)CC(=O)Nc1c(Cl)cccc1Cl. The fourth-order valence-electron chi connectivity index (χ4n) is 2.37. The predicted octanol–water partition coefficient (Wildman–Crippen LogP) is 4.52. The smallest absolute Gasteiger partial charge is 0.324 e. The normalized spacial score (nSPS) is 11.4. The van der Waals surface area contributed by atoms with E-state index in [9.17, 15) is 22.8 Å². The highest BCUT2D eigenvalue weighted by Crippen LogP contribution is 2.34. The van der Waals surface area contributed by atoms with Crippen molar-refractivity contribution >= 4 is 46.4 Å². The summed E-state index contributed by atoms with van der Waals surface area (Å²) in [5.41, 5.74) is -1.05. The average Bonchev–Trinajstić information content (AvgIpc) is 2.57. The lowest BCUT2D eigenvalue weighted by Gasteiger charge is -2.18. The highest BCUT2D eigenvalue weighted by molar-refractivity contribution is 6.39. The molecule has 2 rings (SSSR count). The van der Waals surface area contributed by atoms with Crippen LogP contribution in [0.1, 0.15) is 5.56 Å². The minimum atomic E-state index is -4.59. The number of anilines is 2. The van der Waals surface area contributed by atoms with Gasteiger partial charge in [-0.25, -0.2) is 0 Å². The molecule has 2 N–H and O–H groups in total. The summed E-state index contributed by atoms with van der Waals surface area (Å²) in [5.74, 6) is -1.18. The Balaban J connectivity index is 1.94. The molecule has 2 aromatic carbocycles. The topological polar surface area (TPSA) is 61.4 Å². The van der Waals surface area contributed by atoms with Crippen LogP contribution in [0.15, 0.2) is 42.5 Å². The number of halogens is 5. The summed E-state index contributed by atoms with van der Waals surface area (Å²) in [6, 6.07) is 9.38. The second-order valence-electron chi connectivity index (χ2n) is 5.91. The van der Waals surface area contributed by atoms with Gasteiger partial charge in [0, 0.05) is 0 Å². The van der Waals surface area contributed by atoms with Gasteiger partial charge in [0.25, 0.3) is 0 Å². The van der Waals surface area contributed by atoms with Gasteiger partial charge in [-0.1, -0.05) is 41.4 Å². The van der Waals surface area contributed by atoms with Gasteiger partial charge in [0.15, 0.2) is 0 Å². The summed E-state index contributed by atoms with van der Waals surface area (Å²) < 4.78 is 38.9. The first kappa shape index (κ1) is 22.0. The number of alkyl halides is 3. The first-order valence-corrected chi connectivity index (χ1v) is 8.72. The van der Waals surface area contributed by atoms with Crippen LogP contribution in [0.3, 0.4) is 0 Å². The molecule has 150 valence electrons. The van der Waals surface area contributed by atoms with Crippen LogP contribution in [0.2, 0.25) is 10.0 Å². The van der Waals surface area contributed by atoms with Crippen molar-refractivity contribution < 1.29 is 22.8 Å². The largest absolute Gasteiger partial charge is 0.418 e. The van der Waals surface area contributed by atoms with Crippen LogP contribution in [0.4, 0.5) is 24.5 Å². The first-order valence-electron chi connectivity index (χ1n) is 7.96. The van der Waals surface area contributed by atoms with Crippen molar-refractivity contribution in [1.29, 1.82) is 0 Å². The lowest BCUT2D eigenvalue weighted by atomic mass is 10.1. The maximum Gasteiger partial charge on any atom is 0.418 e. The maximum atomic E-state index is 13.0. The Bertz CT molecular complexity index is 855. The summed E-state index contributed by atoms with van der Waals surface area (Å²) in [7, 11) is 1.48. The van der Waals surface area contributed by atoms with Crippen molar-refractivity contribution in [2.45, 2.75) is 6.18 Å². The molecular formula is C18H16Cl2F3N3O2. The monoisotopic (exact) mass is 433 g/mol. The summed E-state index contributed by atoms with van der Waals surface area (Å²) in [6.45, 7) is -0.494. The zero-order chi connectivity index (χ0) is 20.9. The molecule has 28 heavy (non-hydrogen) atoms. The Labute approximate surface area is 169 Å². The third kappa shape index (κ3) is 6.12. The van der Waals surface area contributed by atoms with E-state index < -0.39 is 23.6 Å². The molecule has 0 aliphatic heterocycles. The third-order valence-electron chi connectivity index (χ3n) is 3.56. The fourth-order valence-corrected chi connectivity index (χ4v) is 2.86. The van der Waals surface area contributed by atoms with Crippen LogP contribution < -0.4 is 10.6 Å². The van der Waals surface area contributed by atoms with Crippen LogP contribution >= 0.6 is 23.2 Å². The Morgan fingerprint density at radius 2 is 1.46 bits per heavy atom. The molecule has 2 aromatic rings. The van der Waals surface area contributed by atoms with Crippen molar-refractivity contribution in [2.24, 2.45) is 0 Å². The highest BCUT2D eigenvalue weighted by Gasteiger charge is 2.33.